The first-order chi connectivity index (χ1) is 8.18. The van der Waals surface area contributed by atoms with Gasteiger partial charge in [-0.05, 0) is 24.6 Å². The fraction of sp³-hybridized carbons (Fsp3) is 0.133. The van der Waals surface area contributed by atoms with E-state index < -0.39 is 0 Å². The fourth-order valence-corrected chi connectivity index (χ4v) is 3.62. The van der Waals surface area contributed by atoms with Crippen LogP contribution in [0.5, 0.6) is 0 Å². The number of hydrogen-bond acceptors (Lipinski definition) is 2. The van der Waals surface area contributed by atoms with E-state index in [1.807, 2.05) is 19.1 Å². The maximum Gasteiger partial charge on any atom is 0.161 e. The molecule has 0 atom stereocenters. The summed E-state index contributed by atoms with van der Waals surface area (Å²) in [7, 11) is 0. The highest BCUT2D eigenvalue weighted by Gasteiger charge is 2.14. The van der Waals surface area contributed by atoms with Gasteiger partial charge in [0.2, 0.25) is 0 Å². The van der Waals surface area contributed by atoms with Crippen molar-refractivity contribution in [2.24, 2.45) is 0 Å². The van der Waals surface area contributed by atoms with Gasteiger partial charge in [-0.3, -0.25) is 4.79 Å². The summed E-state index contributed by atoms with van der Waals surface area (Å²) in [6.07, 6.45) is 0. The topological polar surface area (TPSA) is 17.1 Å². The van der Waals surface area contributed by atoms with Crippen molar-refractivity contribution >= 4 is 38.0 Å². The summed E-state index contributed by atoms with van der Waals surface area (Å²) in [6.45, 7) is 3.67. The van der Waals surface area contributed by atoms with E-state index in [0.29, 0.717) is 0 Å². The van der Waals surface area contributed by atoms with Crippen LogP contribution in [-0.2, 0) is 0 Å². The van der Waals surface area contributed by atoms with Crippen LogP contribution in [0.4, 0.5) is 0 Å². The molecule has 1 aromatic heterocycles. The first-order valence-electron chi connectivity index (χ1n) is 5.60. The van der Waals surface area contributed by atoms with Crippen molar-refractivity contribution in [1.82, 2.24) is 0 Å². The summed E-state index contributed by atoms with van der Waals surface area (Å²) < 4.78 is 1.23. The summed E-state index contributed by atoms with van der Waals surface area (Å²) >= 11 is 1.72. The highest BCUT2D eigenvalue weighted by Crippen LogP contribution is 2.36. The number of aryl methyl sites for hydroxylation is 1. The summed E-state index contributed by atoms with van der Waals surface area (Å²) in [5.41, 5.74) is 0.885. The zero-order chi connectivity index (χ0) is 12.0. The molecule has 3 rings (SSSR count). The molecule has 17 heavy (non-hydrogen) atoms. The van der Waals surface area contributed by atoms with Gasteiger partial charge in [-0.25, -0.2) is 0 Å². The van der Waals surface area contributed by atoms with E-state index in [4.69, 9.17) is 0 Å². The largest absolute Gasteiger partial charge is 0.294 e. The predicted molar refractivity (Wildman–Crippen MR) is 74.1 cm³/mol. The average Bonchev–Trinajstić information content (AvgIpc) is 2.65. The predicted octanol–water partition coefficient (Wildman–Crippen LogP) is 4.57. The molecule has 0 aliphatic rings. The number of thiophene rings is 1. The van der Waals surface area contributed by atoms with Gasteiger partial charge >= 0.3 is 0 Å². The maximum atomic E-state index is 11.7. The number of hydrogen-bond donors (Lipinski definition) is 0. The number of carbonyl (C=O) groups excluding carboxylic acids is 1. The first-order valence-corrected chi connectivity index (χ1v) is 6.42. The molecule has 0 saturated carbocycles. The molecule has 0 radical (unpaired) electrons. The molecule has 1 heterocycles. The van der Waals surface area contributed by atoms with Crippen LogP contribution in [0, 0.1) is 6.92 Å². The maximum absolute atomic E-state index is 11.7. The molecule has 2 aromatic carbocycles. The highest BCUT2D eigenvalue weighted by atomic mass is 32.1. The molecule has 3 aromatic rings. The van der Waals surface area contributed by atoms with Gasteiger partial charge in [0.15, 0.2) is 5.78 Å². The molecule has 0 spiro atoms. The van der Waals surface area contributed by atoms with Crippen LogP contribution >= 0.6 is 11.3 Å². The van der Waals surface area contributed by atoms with Gasteiger partial charge in [-0.2, -0.15) is 0 Å². The second-order valence-electron chi connectivity index (χ2n) is 4.25. The lowest BCUT2D eigenvalue weighted by Crippen LogP contribution is -1.91. The van der Waals surface area contributed by atoms with Gasteiger partial charge in [0.1, 0.15) is 0 Å². The Labute approximate surface area is 104 Å². The van der Waals surface area contributed by atoms with Crippen molar-refractivity contribution in [3.05, 3.63) is 46.8 Å². The first kappa shape index (κ1) is 10.5. The number of rotatable bonds is 1. The van der Waals surface area contributed by atoms with Crippen LogP contribution in [-0.4, -0.2) is 5.78 Å². The van der Waals surface area contributed by atoms with Gasteiger partial charge in [0.05, 0.1) is 0 Å². The Hall–Kier alpha value is -1.67. The normalized spacial score (nSPS) is 11.2. The van der Waals surface area contributed by atoms with Gasteiger partial charge in [-0.1, -0.05) is 36.4 Å². The average molecular weight is 240 g/mol. The lowest BCUT2D eigenvalue weighted by molar-refractivity contribution is 0.101. The molecule has 0 N–H and O–H groups in total. The second-order valence-corrected chi connectivity index (χ2v) is 5.48. The van der Waals surface area contributed by atoms with Crippen LogP contribution in [0.15, 0.2) is 36.4 Å². The lowest BCUT2D eigenvalue weighted by atomic mass is 10.0. The Morgan fingerprint density at radius 2 is 1.82 bits per heavy atom. The smallest absolute Gasteiger partial charge is 0.161 e. The van der Waals surface area contributed by atoms with E-state index in [9.17, 15) is 4.79 Å². The van der Waals surface area contributed by atoms with Crippen molar-refractivity contribution in [1.29, 1.82) is 0 Å². The minimum Gasteiger partial charge on any atom is -0.294 e. The molecule has 0 saturated heterocycles. The Morgan fingerprint density at radius 3 is 2.59 bits per heavy atom. The third-order valence-electron chi connectivity index (χ3n) is 3.11. The van der Waals surface area contributed by atoms with Crippen molar-refractivity contribution in [3.63, 3.8) is 0 Å². The summed E-state index contributed by atoms with van der Waals surface area (Å²) in [4.78, 5) is 12.8. The molecule has 0 bridgehead atoms. The van der Waals surface area contributed by atoms with E-state index in [2.05, 4.69) is 24.3 Å². The lowest BCUT2D eigenvalue weighted by Gasteiger charge is -1.99. The molecule has 0 aliphatic carbocycles. The van der Waals surface area contributed by atoms with Crippen LogP contribution in [0.25, 0.3) is 20.9 Å². The third kappa shape index (κ3) is 1.48. The van der Waals surface area contributed by atoms with E-state index in [1.54, 1.807) is 18.3 Å². The Morgan fingerprint density at radius 1 is 1.06 bits per heavy atom. The molecular formula is C15H12OS. The molecule has 2 heteroatoms. The molecule has 0 unspecified atom stereocenters. The van der Waals surface area contributed by atoms with E-state index >= 15 is 0 Å². The van der Waals surface area contributed by atoms with Crippen molar-refractivity contribution < 1.29 is 4.79 Å². The number of Topliss-reactive ketones (excluding diaryl/α,β-unsaturated/α-hetero) is 1. The van der Waals surface area contributed by atoms with Crippen LogP contribution in [0.2, 0.25) is 0 Å². The number of ketones is 1. The summed E-state index contributed by atoms with van der Waals surface area (Å²) in [6, 6.07) is 12.5. The minimum absolute atomic E-state index is 0.157. The van der Waals surface area contributed by atoms with Gasteiger partial charge in [0, 0.05) is 20.5 Å². The van der Waals surface area contributed by atoms with E-state index in [1.165, 1.54) is 15.5 Å². The summed E-state index contributed by atoms with van der Waals surface area (Å²) in [5.74, 6) is 0.157. The summed E-state index contributed by atoms with van der Waals surface area (Å²) in [5, 5.41) is 3.57. The van der Waals surface area contributed by atoms with Crippen molar-refractivity contribution in [2.45, 2.75) is 13.8 Å². The monoisotopic (exact) mass is 240 g/mol. The Balaban J connectivity index is 2.53. The Bertz CT molecular complexity index is 737. The van der Waals surface area contributed by atoms with E-state index in [0.717, 1.165) is 15.8 Å². The SMILES string of the molecule is CC(=O)c1c(C)sc2c1ccc1ccccc12. The van der Waals surface area contributed by atoms with Crippen molar-refractivity contribution in [3.8, 4) is 0 Å². The number of carbonyl (C=O) groups is 1. The van der Waals surface area contributed by atoms with Crippen LogP contribution in [0.1, 0.15) is 22.2 Å². The number of fused-ring (bicyclic) bond motifs is 3. The molecule has 0 aliphatic heterocycles. The molecule has 0 amide bonds. The third-order valence-corrected chi connectivity index (χ3v) is 4.26. The minimum atomic E-state index is 0.157. The van der Waals surface area contributed by atoms with Gasteiger partial charge in [-0.15, -0.1) is 11.3 Å². The quantitative estimate of drug-likeness (QED) is 0.570. The zero-order valence-electron chi connectivity index (χ0n) is 9.78. The van der Waals surface area contributed by atoms with E-state index in [-0.39, 0.29) is 5.78 Å². The van der Waals surface area contributed by atoms with Crippen LogP contribution < -0.4 is 0 Å². The highest BCUT2D eigenvalue weighted by molar-refractivity contribution is 7.20. The molecule has 0 fully saturated rings. The van der Waals surface area contributed by atoms with Gasteiger partial charge < -0.3 is 0 Å². The second kappa shape index (κ2) is 3.67. The van der Waals surface area contributed by atoms with Gasteiger partial charge in [0.25, 0.3) is 0 Å². The molecule has 84 valence electrons. The molecular weight excluding hydrogens is 228 g/mol. The fourth-order valence-electron chi connectivity index (χ4n) is 2.38. The van der Waals surface area contributed by atoms with Crippen molar-refractivity contribution in [2.75, 3.05) is 0 Å². The number of benzene rings is 2. The standard InChI is InChI=1S/C15H12OS/c1-9(16)14-10(2)17-15-12-6-4-3-5-11(12)7-8-13(14)15/h3-8H,1-2H3. The Kier molecular flexibility index (Phi) is 2.26. The molecule has 1 nitrogen and oxygen atoms in total. The zero-order valence-corrected chi connectivity index (χ0v) is 10.6. The van der Waals surface area contributed by atoms with Crippen LogP contribution in [0.3, 0.4) is 0 Å².